The van der Waals surface area contributed by atoms with Crippen LogP contribution >= 0.6 is 0 Å². The summed E-state index contributed by atoms with van der Waals surface area (Å²) in [5.74, 6) is -7.29. The second-order valence-electron chi connectivity index (χ2n) is 15.9. The maximum atomic E-state index is 13.6. The number of nitrogens with two attached hydrogens (primary N) is 3. The maximum absolute atomic E-state index is 13.6. The molecule has 0 heterocycles. The molecule has 0 aromatic rings. The van der Waals surface area contributed by atoms with E-state index in [4.69, 9.17) is 17.2 Å². The normalized spacial score (nSPS) is 14.3. The Morgan fingerprint density at radius 1 is 0.500 bits per heavy atom. The summed E-state index contributed by atoms with van der Waals surface area (Å²) in [7, 11) is 0. The van der Waals surface area contributed by atoms with Crippen molar-refractivity contribution < 1.29 is 43.5 Å². The third-order valence-electron chi connectivity index (χ3n) is 10.1. The van der Waals surface area contributed by atoms with Gasteiger partial charge in [-0.15, -0.1) is 0 Å². The highest BCUT2D eigenvalue weighted by molar-refractivity contribution is 5.97. The van der Waals surface area contributed by atoms with Gasteiger partial charge in [0, 0.05) is 6.42 Å². The van der Waals surface area contributed by atoms with Gasteiger partial charge in [0.2, 0.25) is 47.3 Å². The number of unbranched alkanes of at least 4 members (excludes halogenated alkanes) is 14. The molecule has 0 aliphatic carbocycles. The van der Waals surface area contributed by atoms with E-state index < -0.39 is 103 Å². The fraction of sp³-hybridized carbons (Fsp3) is 0.805. The number of aliphatic hydroxyl groups is 1. The lowest BCUT2D eigenvalue weighted by Gasteiger charge is -2.29. The van der Waals surface area contributed by atoms with Crippen LogP contribution in [0.3, 0.4) is 0 Å². The molecule has 58 heavy (non-hydrogen) atoms. The molecule has 0 fully saturated rings. The van der Waals surface area contributed by atoms with Crippen LogP contribution in [0.2, 0.25) is 0 Å². The predicted octanol–water partition coefficient (Wildman–Crippen LogP) is 1.99. The number of primary amides is 3. The second-order valence-corrected chi connectivity index (χ2v) is 15.9. The minimum Gasteiger partial charge on any atom is -0.394 e. The van der Waals surface area contributed by atoms with Gasteiger partial charge in [-0.05, 0) is 24.7 Å². The van der Waals surface area contributed by atoms with Gasteiger partial charge in [0.1, 0.15) is 30.2 Å². The summed E-state index contributed by atoms with van der Waals surface area (Å²) in [4.78, 5) is 101. The molecule has 0 rings (SSSR count). The molecule has 0 unspecified atom stereocenters. The van der Waals surface area contributed by atoms with Crippen LogP contribution in [0, 0.1) is 11.8 Å². The van der Waals surface area contributed by atoms with Crippen molar-refractivity contribution in [1.29, 1.82) is 0 Å². The van der Waals surface area contributed by atoms with Crippen molar-refractivity contribution in [2.75, 3.05) is 6.61 Å². The standard InChI is InChI=1S/C41H76N8O9/c1-6-8-9-10-11-12-13-14-15-16-17-18-19-20-21-22-35(53)45-31(25-34(43)52)39(56)48-32(26-50)40(57)49-36(28(5)7-2)41(58)47-30(23-27(3)4)38(55)46-29(37(44)54)24-33(42)51/h27-32,36,50H,6-26H2,1-5H3,(H2,42,51)(H2,43,52)(H2,44,54)(H,45,53)(H,46,55)(H,47,58)(H,48,56)(H,49,57)/t28-,29-,30-,31-,32-,36-/m0/s1. The van der Waals surface area contributed by atoms with E-state index in [0.717, 1.165) is 25.7 Å². The van der Waals surface area contributed by atoms with Crippen molar-refractivity contribution in [3.63, 3.8) is 0 Å². The molecule has 6 atom stereocenters. The fourth-order valence-electron chi connectivity index (χ4n) is 6.42. The summed E-state index contributed by atoms with van der Waals surface area (Å²) in [5, 5.41) is 22.4. The van der Waals surface area contributed by atoms with Crippen molar-refractivity contribution >= 4 is 47.3 Å². The average Bonchev–Trinajstić information content (AvgIpc) is 3.15. The SMILES string of the molecule is CCCCCCCCCCCCCCCCCC(=O)N[C@@H](CC(N)=O)C(=O)N[C@@H](CO)C(=O)N[C@H](C(=O)N[C@@H](CC(C)C)C(=O)N[C@@H](CC(N)=O)C(N)=O)[C@@H](C)CC. The van der Waals surface area contributed by atoms with Crippen molar-refractivity contribution in [2.45, 2.75) is 193 Å². The molecule has 0 radical (unpaired) electrons. The lowest BCUT2D eigenvalue weighted by atomic mass is 9.96. The average molecular weight is 825 g/mol. The molecule has 0 aromatic heterocycles. The first-order valence-corrected chi connectivity index (χ1v) is 21.4. The minimum atomic E-state index is -1.59. The van der Waals surface area contributed by atoms with E-state index in [9.17, 15) is 43.5 Å². The first-order chi connectivity index (χ1) is 27.5. The highest BCUT2D eigenvalue weighted by Gasteiger charge is 2.34. The van der Waals surface area contributed by atoms with Gasteiger partial charge in [-0.3, -0.25) is 38.4 Å². The molecule has 0 aliphatic heterocycles. The minimum absolute atomic E-state index is 0.114. The molecule has 0 saturated heterocycles. The highest BCUT2D eigenvalue weighted by atomic mass is 16.3. The number of nitrogens with one attached hydrogen (secondary N) is 5. The Balaban J connectivity index is 5.24. The lowest BCUT2D eigenvalue weighted by molar-refractivity contribution is -0.137. The lowest BCUT2D eigenvalue weighted by Crippen LogP contribution is -2.61. The van der Waals surface area contributed by atoms with E-state index in [2.05, 4.69) is 33.5 Å². The van der Waals surface area contributed by atoms with Crippen LogP contribution in [0.5, 0.6) is 0 Å². The van der Waals surface area contributed by atoms with Gasteiger partial charge >= 0.3 is 0 Å². The fourth-order valence-corrected chi connectivity index (χ4v) is 6.42. The zero-order valence-electron chi connectivity index (χ0n) is 35.8. The Morgan fingerprint density at radius 3 is 1.34 bits per heavy atom. The van der Waals surface area contributed by atoms with Gasteiger partial charge in [0.25, 0.3) is 0 Å². The summed E-state index contributed by atoms with van der Waals surface area (Å²) >= 11 is 0. The van der Waals surface area contributed by atoms with Crippen LogP contribution in [0.25, 0.3) is 0 Å². The monoisotopic (exact) mass is 825 g/mol. The second kappa shape index (κ2) is 31.7. The molecular formula is C41H76N8O9. The van der Waals surface area contributed by atoms with Crippen LogP contribution in [-0.2, 0) is 38.4 Å². The van der Waals surface area contributed by atoms with Crippen LogP contribution < -0.4 is 43.8 Å². The molecule has 17 nitrogen and oxygen atoms in total. The number of amides is 8. The summed E-state index contributed by atoms with van der Waals surface area (Å²) in [6.07, 6.45) is 17.1. The van der Waals surface area contributed by atoms with Gasteiger partial charge in [0.05, 0.1) is 19.4 Å². The van der Waals surface area contributed by atoms with Gasteiger partial charge in [0.15, 0.2) is 0 Å². The number of rotatable bonds is 35. The smallest absolute Gasteiger partial charge is 0.245 e. The zero-order chi connectivity index (χ0) is 44.0. The molecule has 0 bridgehead atoms. The van der Waals surface area contributed by atoms with E-state index in [1.807, 2.05) is 0 Å². The van der Waals surface area contributed by atoms with Gasteiger partial charge in [-0.25, -0.2) is 0 Å². The molecule has 0 aromatic carbocycles. The molecule has 0 aliphatic rings. The molecule has 12 N–H and O–H groups in total. The van der Waals surface area contributed by atoms with Crippen molar-refractivity contribution in [1.82, 2.24) is 26.6 Å². The number of carbonyl (C=O) groups is 8. The van der Waals surface area contributed by atoms with Crippen LogP contribution in [0.1, 0.15) is 163 Å². The molecule has 0 saturated carbocycles. The predicted molar refractivity (Wildman–Crippen MR) is 222 cm³/mol. The summed E-state index contributed by atoms with van der Waals surface area (Å²) < 4.78 is 0. The van der Waals surface area contributed by atoms with E-state index in [0.29, 0.717) is 12.8 Å². The molecule has 8 amide bonds. The number of carbonyl (C=O) groups excluding carboxylic acids is 8. The summed E-state index contributed by atoms with van der Waals surface area (Å²) in [5.41, 5.74) is 15.8. The Kier molecular flexibility index (Phi) is 29.3. The Labute approximate surface area is 345 Å². The number of aliphatic hydroxyl groups excluding tert-OH is 1. The number of hydrogen-bond acceptors (Lipinski definition) is 9. The zero-order valence-corrected chi connectivity index (χ0v) is 35.8. The van der Waals surface area contributed by atoms with Crippen molar-refractivity contribution in [2.24, 2.45) is 29.0 Å². The van der Waals surface area contributed by atoms with Gasteiger partial charge < -0.3 is 48.9 Å². The van der Waals surface area contributed by atoms with Crippen molar-refractivity contribution in [3.8, 4) is 0 Å². The topological polar surface area (TPSA) is 295 Å². The Morgan fingerprint density at radius 2 is 0.914 bits per heavy atom. The van der Waals surface area contributed by atoms with E-state index >= 15 is 0 Å². The van der Waals surface area contributed by atoms with Crippen LogP contribution in [-0.4, -0.2) is 89.2 Å². The van der Waals surface area contributed by atoms with E-state index in [1.54, 1.807) is 27.7 Å². The molecule has 0 spiro atoms. The quantitative estimate of drug-likeness (QED) is 0.0422. The summed E-state index contributed by atoms with van der Waals surface area (Å²) in [6.45, 7) is 8.35. The summed E-state index contributed by atoms with van der Waals surface area (Å²) in [6, 6.07) is -6.86. The van der Waals surface area contributed by atoms with Gasteiger partial charge in [-0.1, -0.05) is 131 Å². The maximum Gasteiger partial charge on any atom is 0.245 e. The Hall–Kier alpha value is -4.28. The van der Waals surface area contributed by atoms with Crippen molar-refractivity contribution in [3.05, 3.63) is 0 Å². The van der Waals surface area contributed by atoms with Crippen LogP contribution in [0.15, 0.2) is 0 Å². The van der Waals surface area contributed by atoms with E-state index in [-0.39, 0.29) is 18.8 Å². The van der Waals surface area contributed by atoms with Crippen LogP contribution in [0.4, 0.5) is 0 Å². The van der Waals surface area contributed by atoms with Gasteiger partial charge in [-0.2, -0.15) is 0 Å². The Bertz CT molecular complexity index is 1280. The largest absolute Gasteiger partial charge is 0.394 e. The first kappa shape index (κ1) is 53.7. The highest BCUT2D eigenvalue weighted by Crippen LogP contribution is 2.15. The van der Waals surface area contributed by atoms with E-state index in [1.165, 1.54) is 64.2 Å². The third-order valence-corrected chi connectivity index (χ3v) is 10.1. The molecule has 17 heteroatoms. The molecular weight excluding hydrogens is 748 g/mol. The first-order valence-electron chi connectivity index (χ1n) is 21.4. The molecule has 334 valence electrons. The third kappa shape index (κ3) is 25.2. The number of hydrogen-bond donors (Lipinski definition) is 9.